The van der Waals surface area contributed by atoms with E-state index in [1.807, 2.05) is 30.9 Å². The van der Waals surface area contributed by atoms with Crippen LogP contribution in [0.3, 0.4) is 0 Å². The minimum absolute atomic E-state index is 0.0824. The van der Waals surface area contributed by atoms with Crippen LogP contribution in [0, 0.1) is 0 Å². The molecule has 0 aliphatic rings. The smallest absolute Gasteiger partial charge is 0.194 e. The molecule has 0 fully saturated rings. The van der Waals surface area contributed by atoms with E-state index >= 15 is 0 Å². The molecule has 2 heterocycles. The van der Waals surface area contributed by atoms with E-state index in [1.54, 1.807) is 18.4 Å². The molecule has 24 heavy (non-hydrogen) atoms. The van der Waals surface area contributed by atoms with Gasteiger partial charge in [-0.2, -0.15) is 0 Å². The predicted octanol–water partition coefficient (Wildman–Crippen LogP) is 3.64. The van der Waals surface area contributed by atoms with E-state index in [9.17, 15) is 0 Å². The summed E-state index contributed by atoms with van der Waals surface area (Å²) in [6.45, 7) is 7.94. The van der Waals surface area contributed by atoms with Crippen molar-refractivity contribution in [2.75, 3.05) is 14.1 Å². The zero-order valence-corrected chi connectivity index (χ0v) is 16.8. The summed E-state index contributed by atoms with van der Waals surface area (Å²) < 4.78 is 2.03. The Labute approximate surface area is 153 Å². The highest BCUT2D eigenvalue weighted by atomic mass is 35.5. The van der Waals surface area contributed by atoms with Gasteiger partial charge in [-0.1, -0.05) is 32.4 Å². The molecule has 0 saturated heterocycles. The lowest BCUT2D eigenvalue weighted by Gasteiger charge is -2.22. The maximum absolute atomic E-state index is 6.05. The first kappa shape index (κ1) is 18.8. The molecule has 0 aliphatic carbocycles. The van der Waals surface area contributed by atoms with Crippen molar-refractivity contribution in [3.05, 3.63) is 39.1 Å². The summed E-state index contributed by atoms with van der Waals surface area (Å²) in [4.78, 5) is 11.1. The molecular formula is C17H26ClN5S. The van der Waals surface area contributed by atoms with Gasteiger partial charge >= 0.3 is 0 Å². The molecule has 0 aliphatic heterocycles. The van der Waals surface area contributed by atoms with Crippen molar-refractivity contribution in [3.63, 3.8) is 0 Å². The van der Waals surface area contributed by atoms with Gasteiger partial charge in [0.25, 0.3) is 0 Å². The molecule has 0 atom stereocenters. The van der Waals surface area contributed by atoms with E-state index in [0.29, 0.717) is 6.54 Å². The zero-order valence-electron chi connectivity index (χ0n) is 15.2. The van der Waals surface area contributed by atoms with Crippen LogP contribution in [0.4, 0.5) is 0 Å². The molecule has 2 aromatic heterocycles. The fraction of sp³-hybridized carbons (Fsp3) is 0.529. The SMILES string of the molecule is CN=C(NCc1nc(C(C)(C)C)cs1)N(C)Cc1cc(Cl)cn1C. The number of guanidine groups is 1. The Morgan fingerprint density at radius 2 is 2.17 bits per heavy atom. The summed E-state index contributed by atoms with van der Waals surface area (Å²) in [6, 6.07) is 1.97. The van der Waals surface area contributed by atoms with Gasteiger partial charge in [-0.05, 0) is 6.07 Å². The van der Waals surface area contributed by atoms with Crippen LogP contribution in [0.25, 0.3) is 0 Å². The van der Waals surface area contributed by atoms with E-state index in [4.69, 9.17) is 16.6 Å². The van der Waals surface area contributed by atoms with Crippen LogP contribution in [-0.2, 0) is 25.6 Å². The Kier molecular flexibility index (Phi) is 5.93. The average Bonchev–Trinajstić information content (AvgIpc) is 3.06. The number of aryl methyl sites for hydroxylation is 1. The van der Waals surface area contributed by atoms with E-state index in [-0.39, 0.29) is 5.41 Å². The Balaban J connectivity index is 1.97. The van der Waals surface area contributed by atoms with Gasteiger partial charge in [0, 0.05) is 43.8 Å². The topological polar surface area (TPSA) is 45.5 Å². The molecule has 0 saturated carbocycles. The molecule has 0 unspecified atom stereocenters. The molecule has 5 nitrogen and oxygen atoms in total. The van der Waals surface area contributed by atoms with Crippen LogP contribution >= 0.6 is 22.9 Å². The van der Waals surface area contributed by atoms with Crippen LogP contribution in [0.1, 0.15) is 37.2 Å². The molecule has 7 heteroatoms. The number of aliphatic imine (C=N–C) groups is 1. The fourth-order valence-electron chi connectivity index (χ4n) is 2.32. The fourth-order valence-corrected chi connectivity index (χ4v) is 3.55. The minimum Gasteiger partial charge on any atom is -0.351 e. The Morgan fingerprint density at radius 1 is 1.46 bits per heavy atom. The van der Waals surface area contributed by atoms with Crippen molar-refractivity contribution in [2.45, 2.75) is 39.3 Å². The van der Waals surface area contributed by atoms with Gasteiger partial charge in [0.15, 0.2) is 5.96 Å². The van der Waals surface area contributed by atoms with Crippen molar-refractivity contribution < 1.29 is 0 Å². The maximum atomic E-state index is 6.05. The van der Waals surface area contributed by atoms with Crippen LogP contribution in [0.2, 0.25) is 5.02 Å². The number of nitrogens with one attached hydrogen (secondary N) is 1. The second-order valence-corrected chi connectivity index (χ2v) is 8.27. The highest BCUT2D eigenvalue weighted by molar-refractivity contribution is 7.09. The normalized spacial score (nSPS) is 12.5. The van der Waals surface area contributed by atoms with Gasteiger partial charge in [-0.15, -0.1) is 11.3 Å². The van der Waals surface area contributed by atoms with Crippen molar-refractivity contribution in [1.29, 1.82) is 0 Å². The number of aromatic nitrogens is 2. The molecule has 0 bridgehead atoms. The molecule has 0 radical (unpaired) electrons. The van der Waals surface area contributed by atoms with E-state index in [2.05, 4.69) is 41.4 Å². The first-order chi connectivity index (χ1) is 11.2. The number of rotatable bonds is 4. The number of nitrogens with zero attached hydrogens (tertiary/aromatic N) is 4. The Bertz CT molecular complexity index is 711. The predicted molar refractivity (Wildman–Crippen MR) is 103 cm³/mol. The van der Waals surface area contributed by atoms with Crippen LogP contribution < -0.4 is 5.32 Å². The second-order valence-electron chi connectivity index (χ2n) is 6.89. The van der Waals surface area contributed by atoms with Crippen molar-refractivity contribution in [1.82, 2.24) is 19.8 Å². The van der Waals surface area contributed by atoms with Gasteiger partial charge in [0.1, 0.15) is 5.01 Å². The lowest BCUT2D eigenvalue weighted by molar-refractivity contribution is 0.461. The number of halogens is 1. The molecule has 1 N–H and O–H groups in total. The number of hydrogen-bond acceptors (Lipinski definition) is 3. The molecule has 2 rings (SSSR count). The van der Waals surface area contributed by atoms with E-state index in [1.165, 1.54) is 0 Å². The summed E-state index contributed by atoms with van der Waals surface area (Å²) in [5, 5.41) is 7.33. The number of hydrogen-bond donors (Lipinski definition) is 1. The summed E-state index contributed by atoms with van der Waals surface area (Å²) in [7, 11) is 5.80. The molecule has 0 amide bonds. The van der Waals surface area contributed by atoms with E-state index < -0.39 is 0 Å². The third-order valence-electron chi connectivity index (χ3n) is 3.76. The summed E-state index contributed by atoms with van der Waals surface area (Å²) >= 11 is 7.73. The maximum Gasteiger partial charge on any atom is 0.194 e. The first-order valence-electron chi connectivity index (χ1n) is 7.88. The number of thiazole rings is 1. The van der Waals surface area contributed by atoms with Crippen molar-refractivity contribution >= 4 is 28.9 Å². The summed E-state index contributed by atoms with van der Waals surface area (Å²) in [5.74, 6) is 0.833. The highest BCUT2D eigenvalue weighted by Gasteiger charge is 2.17. The third-order valence-corrected chi connectivity index (χ3v) is 4.82. The Hall–Kier alpha value is -1.53. The first-order valence-corrected chi connectivity index (χ1v) is 9.14. The minimum atomic E-state index is 0.0824. The highest BCUT2D eigenvalue weighted by Crippen LogP contribution is 2.23. The van der Waals surface area contributed by atoms with Gasteiger partial charge in [0.05, 0.1) is 23.8 Å². The lowest BCUT2D eigenvalue weighted by atomic mass is 9.93. The third kappa shape index (κ3) is 4.74. The van der Waals surface area contributed by atoms with Crippen molar-refractivity contribution in [3.8, 4) is 0 Å². The van der Waals surface area contributed by atoms with Gasteiger partial charge < -0.3 is 14.8 Å². The Morgan fingerprint density at radius 3 is 2.67 bits per heavy atom. The molecule has 2 aromatic rings. The van der Waals surface area contributed by atoms with Crippen LogP contribution in [0.15, 0.2) is 22.6 Å². The van der Waals surface area contributed by atoms with E-state index in [0.717, 1.165) is 33.9 Å². The summed E-state index contributed by atoms with van der Waals surface area (Å²) in [6.07, 6.45) is 1.91. The molecule has 0 spiro atoms. The van der Waals surface area contributed by atoms with Gasteiger partial charge in [-0.3, -0.25) is 4.99 Å². The lowest BCUT2D eigenvalue weighted by Crippen LogP contribution is -2.38. The quantitative estimate of drug-likeness (QED) is 0.662. The zero-order chi connectivity index (χ0) is 17.9. The monoisotopic (exact) mass is 367 g/mol. The van der Waals surface area contributed by atoms with Crippen LogP contribution in [-0.4, -0.2) is 34.5 Å². The molecule has 0 aromatic carbocycles. The average molecular weight is 368 g/mol. The van der Waals surface area contributed by atoms with Gasteiger partial charge in [-0.25, -0.2) is 4.98 Å². The second kappa shape index (κ2) is 7.57. The summed E-state index contributed by atoms with van der Waals surface area (Å²) in [5.41, 5.74) is 2.35. The standard InChI is InChI=1S/C17H26ClN5S/c1-17(2,3)14-11-24-15(21-14)8-20-16(19-4)23(6)10-13-7-12(18)9-22(13)5/h7,9,11H,8,10H2,1-6H3,(H,19,20). The molecular weight excluding hydrogens is 342 g/mol. The molecule has 132 valence electrons. The van der Waals surface area contributed by atoms with Gasteiger partial charge in [0.2, 0.25) is 0 Å². The van der Waals surface area contributed by atoms with Crippen molar-refractivity contribution in [2.24, 2.45) is 12.0 Å². The largest absolute Gasteiger partial charge is 0.351 e. The van der Waals surface area contributed by atoms with Crippen LogP contribution in [0.5, 0.6) is 0 Å².